The molecule has 0 amide bonds. The molecule has 0 spiro atoms. The minimum absolute atomic E-state index is 0.127. The number of benzene rings is 2. The average molecular weight is 240 g/mol. The van der Waals surface area contributed by atoms with Gasteiger partial charge >= 0.3 is 0 Å². The highest BCUT2D eigenvalue weighted by atomic mass is 16.6. The second-order valence-electron chi connectivity index (χ2n) is 4.37. The summed E-state index contributed by atoms with van der Waals surface area (Å²) in [4.78, 5) is 10.7. The van der Waals surface area contributed by atoms with E-state index in [0.717, 1.165) is 16.8 Å². The Morgan fingerprint density at radius 3 is 2.61 bits per heavy atom. The minimum atomic E-state index is -0.312. The van der Waals surface area contributed by atoms with E-state index in [-0.39, 0.29) is 16.7 Å². The van der Waals surface area contributed by atoms with Crippen molar-refractivity contribution in [2.45, 2.75) is 12.5 Å². The number of nitro groups is 1. The molecular formula is C14H12N2O2. The first-order valence-corrected chi connectivity index (χ1v) is 5.83. The van der Waals surface area contributed by atoms with Gasteiger partial charge in [0.25, 0.3) is 5.69 Å². The highest BCUT2D eigenvalue weighted by Gasteiger charge is 2.28. The number of anilines is 1. The molecular weight excluding hydrogens is 228 g/mol. The first-order valence-electron chi connectivity index (χ1n) is 5.83. The maximum atomic E-state index is 11.0. The van der Waals surface area contributed by atoms with Crippen LogP contribution < -0.4 is 5.32 Å². The van der Waals surface area contributed by atoms with Gasteiger partial charge < -0.3 is 5.32 Å². The molecule has 1 unspecified atom stereocenters. The number of hydrogen-bond acceptors (Lipinski definition) is 3. The van der Waals surface area contributed by atoms with Gasteiger partial charge in [-0.2, -0.15) is 0 Å². The van der Waals surface area contributed by atoms with E-state index in [9.17, 15) is 10.1 Å². The van der Waals surface area contributed by atoms with Crippen molar-refractivity contribution in [1.29, 1.82) is 0 Å². The zero-order valence-corrected chi connectivity index (χ0v) is 9.67. The Bertz CT molecular complexity index is 596. The molecule has 0 aliphatic carbocycles. The van der Waals surface area contributed by atoms with Crippen LogP contribution in [0.2, 0.25) is 0 Å². The fourth-order valence-electron chi connectivity index (χ4n) is 2.42. The van der Waals surface area contributed by atoms with E-state index >= 15 is 0 Å². The van der Waals surface area contributed by atoms with Crippen molar-refractivity contribution in [3.63, 3.8) is 0 Å². The third kappa shape index (κ3) is 1.72. The van der Waals surface area contributed by atoms with Gasteiger partial charge in [0.1, 0.15) is 0 Å². The smallest absolute Gasteiger partial charge is 0.274 e. The molecule has 2 aromatic rings. The molecule has 1 heterocycles. The maximum absolute atomic E-state index is 11.0. The molecule has 0 fully saturated rings. The Balaban J connectivity index is 1.97. The lowest BCUT2D eigenvalue weighted by Gasteiger charge is -2.10. The number of rotatable bonds is 2. The lowest BCUT2D eigenvalue weighted by atomic mass is 10.0. The first kappa shape index (κ1) is 10.8. The summed E-state index contributed by atoms with van der Waals surface area (Å²) in [5.74, 6) is 0. The van der Waals surface area contributed by atoms with Crippen molar-refractivity contribution >= 4 is 11.4 Å². The summed E-state index contributed by atoms with van der Waals surface area (Å²) in [5, 5.41) is 14.3. The van der Waals surface area contributed by atoms with Crippen LogP contribution in [-0.4, -0.2) is 4.92 Å². The van der Waals surface area contributed by atoms with Crippen molar-refractivity contribution in [3.8, 4) is 0 Å². The summed E-state index contributed by atoms with van der Waals surface area (Å²) in [6, 6.07) is 15.3. The van der Waals surface area contributed by atoms with Crippen LogP contribution in [0.3, 0.4) is 0 Å². The van der Waals surface area contributed by atoms with E-state index in [1.54, 1.807) is 12.1 Å². The summed E-state index contributed by atoms with van der Waals surface area (Å²) in [7, 11) is 0. The van der Waals surface area contributed by atoms with Crippen molar-refractivity contribution < 1.29 is 4.92 Å². The Labute approximate surface area is 104 Å². The Hall–Kier alpha value is -2.36. The predicted molar refractivity (Wildman–Crippen MR) is 69.6 cm³/mol. The molecule has 90 valence electrons. The van der Waals surface area contributed by atoms with E-state index in [0.29, 0.717) is 6.42 Å². The van der Waals surface area contributed by atoms with Gasteiger partial charge in [0.15, 0.2) is 0 Å². The van der Waals surface area contributed by atoms with Gasteiger partial charge in [-0.05, 0) is 11.6 Å². The van der Waals surface area contributed by atoms with Gasteiger partial charge in [-0.25, -0.2) is 0 Å². The van der Waals surface area contributed by atoms with Crippen molar-refractivity contribution in [1.82, 2.24) is 0 Å². The van der Waals surface area contributed by atoms with Crippen LogP contribution in [0.25, 0.3) is 0 Å². The molecule has 0 aromatic heterocycles. The SMILES string of the molecule is O=[N+]([O-])c1cccc2c1CC(c1ccccc1)N2. The molecule has 1 aliphatic rings. The minimum Gasteiger partial charge on any atom is -0.377 e. The number of fused-ring (bicyclic) bond motifs is 1. The number of nitrogens with zero attached hydrogens (tertiary/aromatic N) is 1. The van der Waals surface area contributed by atoms with Crippen LogP contribution >= 0.6 is 0 Å². The average Bonchev–Trinajstić information content (AvgIpc) is 2.83. The largest absolute Gasteiger partial charge is 0.377 e. The van der Waals surface area contributed by atoms with Crippen LogP contribution in [0.5, 0.6) is 0 Å². The molecule has 0 saturated heterocycles. The Morgan fingerprint density at radius 1 is 1.11 bits per heavy atom. The molecule has 18 heavy (non-hydrogen) atoms. The van der Waals surface area contributed by atoms with E-state index < -0.39 is 0 Å². The molecule has 0 saturated carbocycles. The molecule has 3 rings (SSSR count). The highest BCUT2D eigenvalue weighted by Crippen LogP contribution is 2.38. The second-order valence-corrected chi connectivity index (χ2v) is 4.37. The zero-order chi connectivity index (χ0) is 12.5. The van der Waals surface area contributed by atoms with Gasteiger partial charge in [0.05, 0.1) is 16.5 Å². The van der Waals surface area contributed by atoms with Gasteiger partial charge in [-0.3, -0.25) is 10.1 Å². The first-order chi connectivity index (χ1) is 8.75. The van der Waals surface area contributed by atoms with Gasteiger partial charge in [-0.15, -0.1) is 0 Å². The van der Waals surface area contributed by atoms with Crippen molar-refractivity contribution in [2.75, 3.05) is 5.32 Å². The van der Waals surface area contributed by atoms with Crippen LogP contribution in [0, 0.1) is 10.1 Å². The topological polar surface area (TPSA) is 55.2 Å². The summed E-state index contributed by atoms with van der Waals surface area (Å²) in [5.41, 5.74) is 3.04. The molecule has 1 aliphatic heterocycles. The standard InChI is InChI=1S/C14H12N2O2/c17-16(18)14-8-4-7-12-11(14)9-13(15-12)10-5-2-1-3-6-10/h1-8,13,15H,9H2. The van der Waals surface area contributed by atoms with Crippen LogP contribution in [0.1, 0.15) is 17.2 Å². The number of nitrogens with one attached hydrogen (secondary N) is 1. The normalized spacial score (nSPS) is 17.0. The fraction of sp³-hybridized carbons (Fsp3) is 0.143. The molecule has 0 bridgehead atoms. The monoisotopic (exact) mass is 240 g/mol. The van der Waals surface area contributed by atoms with Crippen LogP contribution in [0.15, 0.2) is 48.5 Å². The summed E-state index contributed by atoms with van der Waals surface area (Å²) in [6.45, 7) is 0. The molecule has 4 nitrogen and oxygen atoms in total. The van der Waals surface area contributed by atoms with Crippen LogP contribution in [0.4, 0.5) is 11.4 Å². The van der Waals surface area contributed by atoms with Gasteiger partial charge in [0.2, 0.25) is 0 Å². The predicted octanol–water partition coefficient (Wildman–Crippen LogP) is 3.30. The Morgan fingerprint density at radius 2 is 1.89 bits per heavy atom. The lowest BCUT2D eigenvalue weighted by Crippen LogP contribution is -2.05. The lowest BCUT2D eigenvalue weighted by molar-refractivity contribution is -0.385. The summed E-state index contributed by atoms with van der Waals surface area (Å²) >= 11 is 0. The zero-order valence-electron chi connectivity index (χ0n) is 9.67. The van der Waals surface area contributed by atoms with Crippen LogP contribution in [-0.2, 0) is 6.42 Å². The van der Waals surface area contributed by atoms with E-state index in [1.807, 2.05) is 36.4 Å². The second kappa shape index (κ2) is 4.14. The molecule has 4 heteroatoms. The molecule has 2 aromatic carbocycles. The number of nitro benzene ring substituents is 1. The van der Waals surface area contributed by atoms with Gasteiger partial charge in [0, 0.05) is 18.2 Å². The quantitative estimate of drug-likeness (QED) is 0.647. The summed E-state index contributed by atoms with van der Waals surface area (Å²) in [6.07, 6.45) is 0.663. The van der Waals surface area contributed by atoms with E-state index in [2.05, 4.69) is 5.32 Å². The highest BCUT2D eigenvalue weighted by molar-refractivity contribution is 5.65. The van der Waals surface area contributed by atoms with Gasteiger partial charge in [-0.1, -0.05) is 36.4 Å². The van der Waals surface area contributed by atoms with E-state index in [1.165, 1.54) is 0 Å². The molecule has 0 radical (unpaired) electrons. The summed E-state index contributed by atoms with van der Waals surface area (Å²) < 4.78 is 0. The number of hydrogen-bond donors (Lipinski definition) is 1. The maximum Gasteiger partial charge on any atom is 0.274 e. The molecule has 1 N–H and O–H groups in total. The third-order valence-corrected chi connectivity index (χ3v) is 3.29. The van der Waals surface area contributed by atoms with E-state index in [4.69, 9.17) is 0 Å². The fourth-order valence-corrected chi connectivity index (χ4v) is 2.42. The molecule has 1 atom stereocenters. The Kier molecular flexibility index (Phi) is 2.48. The van der Waals surface area contributed by atoms with Crippen molar-refractivity contribution in [3.05, 3.63) is 69.8 Å². The third-order valence-electron chi connectivity index (χ3n) is 3.29. The van der Waals surface area contributed by atoms with Crippen molar-refractivity contribution in [2.24, 2.45) is 0 Å².